The van der Waals surface area contributed by atoms with Gasteiger partial charge in [0.25, 0.3) is 0 Å². The molecule has 0 aliphatic heterocycles. The standard InChI is InChI=1S/C15H21NO/c1-13(2)9-10-15(17)16(3)12-11-14-7-5-4-6-8-14/h4-10,13H,11-12H2,1-3H3/b10-9+. The van der Waals surface area contributed by atoms with Gasteiger partial charge in [0, 0.05) is 13.6 Å². The van der Waals surface area contributed by atoms with Crippen molar-refractivity contribution in [1.82, 2.24) is 4.90 Å². The Morgan fingerprint density at radius 3 is 2.53 bits per heavy atom. The third-order valence-corrected chi connectivity index (χ3v) is 2.58. The highest BCUT2D eigenvalue weighted by molar-refractivity contribution is 5.87. The van der Waals surface area contributed by atoms with E-state index in [4.69, 9.17) is 0 Å². The molecule has 0 radical (unpaired) electrons. The second-order valence-electron chi connectivity index (χ2n) is 4.60. The van der Waals surface area contributed by atoms with Crippen LogP contribution in [-0.2, 0) is 11.2 Å². The number of nitrogens with zero attached hydrogens (tertiary/aromatic N) is 1. The summed E-state index contributed by atoms with van der Waals surface area (Å²) in [4.78, 5) is 13.5. The smallest absolute Gasteiger partial charge is 0.245 e. The lowest BCUT2D eigenvalue weighted by Crippen LogP contribution is -2.27. The number of rotatable bonds is 5. The molecule has 2 heteroatoms. The minimum atomic E-state index is 0.0784. The van der Waals surface area contributed by atoms with Crippen LogP contribution in [0.1, 0.15) is 19.4 Å². The molecule has 17 heavy (non-hydrogen) atoms. The molecule has 0 heterocycles. The fraction of sp³-hybridized carbons (Fsp3) is 0.400. The van der Waals surface area contributed by atoms with E-state index in [-0.39, 0.29) is 5.91 Å². The van der Waals surface area contributed by atoms with Crippen molar-refractivity contribution in [3.8, 4) is 0 Å². The summed E-state index contributed by atoms with van der Waals surface area (Å²) >= 11 is 0. The van der Waals surface area contributed by atoms with E-state index in [0.29, 0.717) is 5.92 Å². The number of carbonyl (C=O) groups excluding carboxylic acids is 1. The average Bonchev–Trinajstić information content (AvgIpc) is 2.34. The minimum Gasteiger partial charge on any atom is -0.342 e. The third kappa shape index (κ3) is 5.34. The maximum atomic E-state index is 11.7. The molecule has 0 aromatic heterocycles. The van der Waals surface area contributed by atoms with Crippen LogP contribution in [0, 0.1) is 5.92 Å². The molecule has 0 unspecified atom stereocenters. The van der Waals surface area contributed by atoms with Gasteiger partial charge in [0.05, 0.1) is 0 Å². The van der Waals surface area contributed by atoms with Gasteiger partial charge in [0.1, 0.15) is 0 Å². The molecule has 0 saturated heterocycles. The van der Waals surface area contributed by atoms with Crippen molar-refractivity contribution in [1.29, 1.82) is 0 Å². The van der Waals surface area contributed by atoms with Gasteiger partial charge in [-0.1, -0.05) is 50.3 Å². The van der Waals surface area contributed by atoms with Crippen LogP contribution in [0.4, 0.5) is 0 Å². The molecular weight excluding hydrogens is 210 g/mol. The number of carbonyl (C=O) groups is 1. The summed E-state index contributed by atoms with van der Waals surface area (Å²) in [6.07, 6.45) is 4.50. The molecule has 0 fully saturated rings. The van der Waals surface area contributed by atoms with Crippen LogP contribution < -0.4 is 0 Å². The Bertz CT molecular complexity index is 368. The first-order valence-electron chi connectivity index (χ1n) is 6.07. The zero-order valence-electron chi connectivity index (χ0n) is 10.9. The normalized spacial score (nSPS) is 11.1. The number of benzene rings is 1. The molecule has 1 amide bonds. The lowest BCUT2D eigenvalue weighted by atomic mass is 10.1. The zero-order valence-corrected chi connectivity index (χ0v) is 10.9. The number of allylic oxidation sites excluding steroid dienone is 1. The molecule has 92 valence electrons. The Kier molecular flexibility index (Phi) is 5.47. The van der Waals surface area contributed by atoms with Crippen LogP contribution in [-0.4, -0.2) is 24.4 Å². The molecule has 0 saturated carbocycles. The summed E-state index contributed by atoms with van der Waals surface area (Å²) in [5.41, 5.74) is 1.26. The quantitative estimate of drug-likeness (QED) is 0.714. The molecule has 0 aliphatic carbocycles. The lowest BCUT2D eigenvalue weighted by Gasteiger charge is -2.15. The molecule has 1 rings (SSSR count). The summed E-state index contributed by atoms with van der Waals surface area (Å²) in [5.74, 6) is 0.496. The van der Waals surface area contributed by atoms with Gasteiger partial charge >= 0.3 is 0 Å². The van der Waals surface area contributed by atoms with E-state index in [1.54, 1.807) is 11.0 Å². The summed E-state index contributed by atoms with van der Waals surface area (Å²) in [6, 6.07) is 10.2. The first-order valence-corrected chi connectivity index (χ1v) is 6.07. The largest absolute Gasteiger partial charge is 0.342 e. The summed E-state index contributed by atoms with van der Waals surface area (Å²) in [7, 11) is 1.84. The zero-order chi connectivity index (χ0) is 12.7. The molecule has 1 aromatic carbocycles. The van der Waals surface area contributed by atoms with Crippen LogP contribution in [0.2, 0.25) is 0 Å². The van der Waals surface area contributed by atoms with Crippen molar-refractivity contribution < 1.29 is 4.79 Å². The minimum absolute atomic E-state index is 0.0784. The molecule has 0 N–H and O–H groups in total. The molecule has 0 aliphatic rings. The van der Waals surface area contributed by atoms with Crippen molar-refractivity contribution >= 4 is 5.91 Å². The van der Waals surface area contributed by atoms with E-state index in [0.717, 1.165) is 13.0 Å². The number of amides is 1. The first-order chi connectivity index (χ1) is 8.09. The van der Waals surface area contributed by atoms with Crippen molar-refractivity contribution in [3.05, 3.63) is 48.0 Å². The molecule has 0 spiro atoms. The highest BCUT2D eigenvalue weighted by atomic mass is 16.2. The predicted molar refractivity (Wildman–Crippen MR) is 71.8 cm³/mol. The Hall–Kier alpha value is -1.57. The van der Waals surface area contributed by atoms with Gasteiger partial charge in [0.2, 0.25) is 5.91 Å². The van der Waals surface area contributed by atoms with Crippen molar-refractivity contribution in [2.45, 2.75) is 20.3 Å². The second kappa shape index (κ2) is 6.89. The van der Waals surface area contributed by atoms with Crippen LogP contribution in [0.25, 0.3) is 0 Å². The molecular formula is C15H21NO. The average molecular weight is 231 g/mol. The SMILES string of the molecule is CC(C)/C=C/C(=O)N(C)CCc1ccccc1. The molecule has 0 atom stereocenters. The Labute approximate surface area is 104 Å². The number of hydrogen-bond donors (Lipinski definition) is 0. The van der Waals surface area contributed by atoms with E-state index in [1.807, 2.05) is 31.3 Å². The van der Waals surface area contributed by atoms with Crippen LogP contribution >= 0.6 is 0 Å². The summed E-state index contributed by atoms with van der Waals surface area (Å²) in [5, 5.41) is 0. The van der Waals surface area contributed by atoms with E-state index < -0.39 is 0 Å². The van der Waals surface area contributed by atoms with Gasteiger partial charge in [-0.2, -0.15) is 0 Å². The van der Waals surface area contributed by atoms with E-state index in [2.05, 4.69) is 26.0 Å². The predicted octanol–water partition coefficient (Wildman–Crippen LogP) is 2.90. The third-order valence-electron chi connectivity index (χ3n) is 2.58. The maximum absolute atomic E-state index is 11.7. The van der Waals surface area contributed by atoms with Gasteiger partial charge in [-0.3, -0.25) is 4.79 Å². The van der Waals surface area contributed by atoms with Gasteiger partial charge in [-0.15, -0.1) is 0 Å². The van der Waals surface area contributed by atoms with Crippen molar-refractivity contribution in [2.75, 3.05) is 13.6 Å². The van der Waals surface area contributed by atoms with Gasteiger partial charge < -0.3 is 4.90 Å². The van der Waals surface area contributed by atoms with Crippen LogP contribution in [0.15, 0.2) is 42.5 Å². The van der Waals surface area contributed by atoms with Crippen LogP contribution in [0.5, 0.6) is 0 Å². The highest BCUT2D eigenvalue weighted by Crippen LogP contribution is 2.01. The van der Waals surface area contributed by atoms with Crippen molar-refractivity contribution in [3.63, 3.8) is 0 Å². The fourth-order valence-electron chi connectivity index (χ4n) is 1.45. The topological polar surface area (TPSA) is 20.3 Å². The van der Waals surface area contributed by atoms with Crippen LogP contribution in [0.3, 0.4) is 0 Å². The van der Waals surface area contributed by atoms with E-state index >= 15 is 0 Å². The first kappa shape index (κ1) is 13.5. The monoisotopic (exact) mass is 231 g/mol. The summed E-state index contributed by atoms with van der Waals surface area (Å²) in [6.45, 7) is 4.88. The Balaban J connectivity index is 2.39. The van der Waals surface area contributed by atoms with E-state index in [9.17, 15) is 4.79 Å². The van der Waals surface area contributed by atoms with Gasteiger partial charge in [-0.05, 0) is 24.0 Å². The summed E-state index contributed by atoms with van der Waals surface area (Å²) < 4.78 is 0. The number of hydrogen-bond acceptors (Lipinski definition) is 1. The van der Waals surface area contributed by atoms with Gasteiger partial charge in [-0.25, -0.2) is 0 Å². The van der Waals surface area contributed by atoms with Crippen molar-refractivity contribution in [2.24, 2.45) is 5.92 Å². The second-order valence-corrected chi connectivity index (χ2v) is 4.60. The molecule has 1 aromatic rings. The Morgan fingerprint density at radius 1 is 1.29 bits per heavy atom. The Morgan fingerprint density at radius 2 is 1.94 bits per heavy atom. The fourth-order valence-corrected chi connectivity index (χ4v) is 1.45. The highest BCUT2D eigenvalue weighted by Gasteiger charge is 2.04. The lowest BCUT2D eigenvalue weighted by molar-refractivity contribution is -0.124. The molecule has 0 bridgehead atoms. The maximum Gasteiger partial charge on any atom is 0.245 e. The van der Waals surface area contributed by atoms with E-state index in [1.165, 1.54) is 5.56 Å². The van der Waals surface area contributed by atoms with Gasteiger partial charge in [0.15, 0.2) is 0 Å². The number of likely N-dealkylation sites (N-methyl/N-ethyl adjacent to an activating group) is 1. The molecule has 2 nitrogen and oxygen atoms in total.